The predicted molar refractivity (Wildman–Crippen MR) is 119 cm³/mol. The highest BCUT2D eigenvalue weighted by atomic mass is 32.2. The van der Waals surface area contributed by atoms with Crippen molar-refractivity contribution in [2.24, 2.45) is 0 Å². The second-order valence-electron chi connectivity index (χ2n) is 7.95. The fraction of sp³-hybridized carbons (Fsp3) is 0.500. The number of benzene rings is 1. The summed E-state index contributed by atoms with van der Waals surface area (Å²) in [6.45, 7) is 4.97. The van der Waals surface area contributed by atoms with Gasteiger partial charge in [0.2, 0.25) is 10.0 Å². The lowest BCUT2D eigenvalue weighted by atomic mass is 10.1. The van der Waals surface area contributed by atoms with Crippen molar-refractivity contribution in [2.75, 3.05) is 45.8 Å². The van der Waals surface area contributed by atoms with E-state index in [4.69, 9.17) is 0 Å². The number of carbonyl (C=O) groups excluding carboxylic acids is 1. The number of amides is 1. The molecule has 0 radical (unpaired) electrons. The largest absolute Gasteiger partial charge is 0.335 e. The number of piperazine rings is 1. The van der Waals surface area contributed by atoms with Crippen LogP contribution in [0.15, 0.2) is 46.7 Å². The van der Waals surface area contributed by atoms with Gasteiger partial charge in [0.15, 0.2) is 0 Å². The van der Waals surface area contributed by atoms with Crippen molar-refractivity contribution >= 4 is 27.3 Å². The summed E-state index contributed by atoms with van der Waals surface area (Å²) in [5.41, 5.74) is 1.32. The van der Waals surface area contributed by atoms with E-state index in [9.17, 15) is 13.2 Å². The Bertz CT molecular complexity index is 945. The third kappa shape index (κ3) is 4.77. The number of hydrogen-bond acceptors (Lipinski definition) is 5. The molecule has 6 nitrogen and oxygen atoms in total. The lowest BCUT2D eigenvalue weighted by Crippen LogP contribution is -2.49. The lowest BCUT2D eigenvalue weighted by Gasteiger charge is -2.34. The maximum atomic E-state index is 13.1. The van der Waals surface area contributed by atoms with Crippen LogP contribution in [0.2, 0.25) is 0 Å². The second kappa shape index (κ2) is 9.60. The molecule has 2 fully saturated rings. The SMILES string of the molecule is O=C(c1sccc1S(=O)(=O)N1CCCCC1)N1CCN(CCc2ccccc2)CC1. The van der Waals surface area contributed by atoms with Gasteiger partial charge in [-0.2, -0.15) is 4.31 Å². The highest BCUT2D eigenvalue weighted by molar-refractivity contribution is 7.89. The van der Waals surface area contributed by atoms with Gasteiger partial charge in [-0.1, -0.05) is 36.8 Å². The predicted octanol–water partition coefficient (Wildman–Crippen LogP) is 2.92. The van der Waals surface area contributed by atoms with Crippen LogP contribution < -0.4 is 0 Å². The van der Waals surface area contributed by atoms with Crippen molar-refractivity contribution in [2.45, 2.75) is 30.6 Å². The Hall–Kier alpha value is -1.74. The quantitative estimate of drug-likeness (QED) is 0.683. The van der Waals surface area contributed by atoms with E-state index in [1.54, 1.807) is 16.3 Å². The van der Waals surface area contributed by atoms with Crippen molar-refractivity contribution in [1.82, 2.24) is 14.1 Å². The van der Waals surface area contributed by atoms with Gasteiger partial charge in [0.05, 0.1) is 0 Å². The molecule has 0 aliphatic carbocycles. The standard InChI is InChI=1S/C22H29N3O3S2/c26-22(21-20(10-18-29-21)30(27,28)25-11-5-2-6-12-25)24-16-14-23(15-17-24)13-9-19-7-3-1-4-8-19/h1,3-4,7-8,10,18H,2,5-6,9,11-17H2. The summed E-state index contributed by atoms with van der Waals surface area (Å²) in [7, 11) is -3.60. The van der Waals surface area contributed by atoms with Gasteiger partial charge in [0.1, 0.15) is 9.77 Å². The number of nitrogens with zero attached hydrogens (tertiary/aromatic N) is 3. The molecule has 8 heteroatoms. The molecule has 30 heavy (non-hydrogen) atoms. The zero-order valence-corrected chi connectivity index (χ0v) is 18.8. The summed E-state index contributed by atoms with van der Waals surface area (Å²) < 4.78 is 27.7. The molecule has 2 aromatic rings. The first kappa shape index (κ1) is 21.5. The smallest absolute Gasteiger partial charge is 0.265 e. The van der Waals surface area contributed by atoms with Gasteiger partial charge in [-0.25, -0.2) is 8.42 Å². The average molecular weight is 448 g/mol. The maximum Gasteiger partial charge on any atom is 0.265 e. The van der Waals surface area contributed by atoms with E-state index in [0.29, 0.717) is 31.1 Å². The summed E-state index contributed by atoms with van der Waals surface area (Å²) in [4.78, 5) is 17.9. The van der Waals surface area contributed by atoms with Gasteiger partial charge in [0.25, 0.3) is 5.91 Å². The van der Waals surface area contributed by atoms with Gasteiger partial charge >= 0.3 is 0 Å². The third-order valence-electron chi connectivity index (χ3n) is 5.98. The molecule has 1 aromatic heterocycles. The van der Waals surface area contributed by atoms with Gasteiger partial charge < -0.3 is 4.90 Å². The molecule has 3 heterocycles. The van der Waals surface area contributed by atoms with Crippen LogP contribution in [0.1, 0.15) is 34.5 Å². The first-order valence-corrected chi connectivity index (χ1v) is 13.0. The highest BCUT2D eigenvalue weighted by Gasteiger charge is 2.33. The van der Waals surface area contributed by atoms with Gasteiger partial charge in [-0.05, 0) is 36.3 Å². The number of piperidine rings is 1. The van der Waals surface area contributed by atoms with E-state index in [1.807, 2.05) is 6.07 Å². The van der Waals surface area contributed by atoms with Crippen molar-refractivity contribution < 1.29 is 13.2 Å². The molecule has 0 saturated carbocycles. The van der Waals surface area contributed by atoms with Gasteiger partial charge in [0, 0.05) is 45.8 Å². The molecular weight excluding hydrogens is 418 g/mol. The molecular formula is C22H29N3O3S2. The van der Waals surface area contributed by atoms with E-state index in [-0.39, 0.29) is 10.8 Å². The van der Waals surface area contributed by atoms with Crippen LogP contribution in [0.4, 0.5) is 0 Å². The summed E-state index contributed by atoms with van der Waals surface area (Å²) in [5.74, 6) is -0.150. The lowest BCUT2D eigenvalue weighted by molar-refractivity contribution is 0.0639. The summed E-state index contributed by atoms with van der Waals surface area (Å²) >= 11 is 1.24. The molecule has 1 aromatic carbocycles. The van der Waals surface area contributed by atoms with E-state index in [0.717, 1.165) is 45.3 Å². The van der Waals surface area contributed by atoms with Crippen molar-refractivity contribution in [3.05, 3.63) is 52.2 Å². The molecule has 0 N–H and O–H groups in total. The molecule has 2 aliphatic heterocycles. The Morgan fingerprint density at radius 2 is 1.60 bits per heavy atom. The van der Waals surface area contributed by atoms with Crippen molar-refractivity contribution in [3.63, 3.8) is 0 Å². The first-order chi connectivity index (χ1) is 14.6. The molecule has 0 unspecified atom stereocenters. The Morgan fingerprint density at radius 1 is 0.900 bits per heavy atom. The number of thiophene rings is 1. The van der Waals surface area contributed by atoms with E-state index in [2.05, 4.69) is 29.2 Å². The minimum atomic E-state index is -3.60. The van der Waals surface area contributed by atoms with E-state index in [1.165, 1.54) is 21.2 Å². The Labute approximate surface area is 183 Å². The fourth-order valence-corrected chi connectivity index (χ4v) is 7.03. The number of carbonyl (C=O) groups is 1. The fourth-order valence-electron chi connectivity index (χ4n) is 4.15. The van der Waals surface area contributed by atoms with Crippen LogP contribution in [-0.4, -0.2) is 74.2 Å². The highest BCUT2D eigenvalue weighted by Crippen LogP contribution is 2.28. The number of rotatable bonds is 6. The molecule has 0 bridgehead atoms. The Kier molecular flexibility index (Phi) is 6.87. The summed E-state index contributed by atoms with van der Waals surface area (Å²) in [6.07, 6.45) is 3.84. The molecule has 2 aliphatic rings. The molecule has 0 spiro atoms. The van der Waals surface area contributed by atoms with Crippen molar-refractivity contribution in [1.29, 1.82) is 0 Å². The topological polar surface area (TPSA) is 60.9 Å². The van der Waals surface area contributed by atoms with Crippen LogP contribution >= 0.6 is 11.3 Å². The van der Waals surface area contributed by atoms with Crippen LogP contribution in [0, 0.1) is 0 Å². The molecule has 0 atom stereocenters. The van der Waals surface area contributed by atoms with Crippen LogP contribution in [-0.2, 0) is 16.4 Å². The monoisotopic (exact) mass is 447 g/mol. The normalized spacial score (nSPS) is 19.1. The number of hydrogen-bond donors (Lipinski definition) is 0. The van der Waals surface area contributed by atoms with Crippen LogP contribution in [0.5, 0.6) is 0 Å². The first-order valence-electron chi connectivity index (χ1n) is 10.7. The Morgan fingerprint density at radius 3 is 2.30 bits per heavy atom. The maximum absolute atomic E-state index is 13.1. The average Bonchev–Trinajstić information content (AvgIpc) is 3.30. The second-order valence-corrected chi connectivity index (χ2v) is 10.8. The van der Waals surface area contributed by atoms with E-state index >= 15 is 0 Å². The molecule has 4 rings (SSSR count). The minimum absolute atomic E-state index is 0.150. The minimum Gasteiger partial charge on any atom is -0.335 e. The zero-order valence-electron chi connectivity index (χ0n) is 17.2. The molecule has 1 amide bonds. The van der Waals surface area contributed by atoms with E-state index < -0.39 is 10.0 Å². The third-order valence-corrected chi connectivity index (χ3v) is 8.95. The van der Waals surface area contributed by atoms with Crippen LogP contribution in [0.25, 0.3) is 0 Å². The van der Waals surface area contributed by atoms with Crippen LogP contribution in [0.3, 0.4) is 0 Å². The van der Waals surface area contributed by atoms with Gasteiger partial charge in [-0.15, -0.1) is 11.3 Å². The van der Waals surface area contributed by atoms with Crippen molar-refractivity contribution in [3.8, 4) is 0 Å². The van der Waals surface area contributed by atoms with Gasteiger partial charge in [-0.3, -0.25) is 9.69 Å². The molecule has 2 saturated heterocycles. The summed E-state index contributed by atoms with van der Waals surface area (Å²) in [5, 5.41) is 1.72. The Balaban J connectivity index is 1.36. The zero-order chi connectivity index (χ0) is 21.0. The molecule has 162 valence electrons. The number of sulfonamides is 1. The summed E-state index contributed by atoms with van der Waals surface area (Å²) in [6, 6.07) is 12.0.